The molecule has 0 bridgehead atoms. The first-order chi connectivity index (χ1) is 9.28. The summed E-state index contributed by atoms with van der Waals surface area (Å²) >= 11 is 1.26. The van der Waals surface area contributed by atoms with Gasteiger partial charge in [-0.05, 0) is 6.42 Å². The molecule has 0 radical (unpaired) electrons. The lowest BCUT2D eigenvalue weighted by Gasteiger charge is -2.11. The van der Waals surface area contributed by atoms with Crippen LogP contribution in [0, 0.1) is 0 Å². The number of thiazole rings is 1. The summed E-state index contributed by atoms with van der Waals surface area (Å²) < 4.78 is 51.2. The van der Waals surface area contributed by atoms with Crippen molar-refractivity contribution in [2.45, 2.75) is 17.5 Å². The average molecular weight is 336 g/mol. The molecule has 3 N–H and O–H groups in total. The molecule has 0 amide bonds. The molecular weight excluding hydrogens is 324 g/mol. The first kappa shape index (κ1) is 13.8. The third kappa shape index (κ3) is 2.30. The van der Waals surface area contributed by atoms with Gasteiger partial charge in [0, 0.05) is 17.6 Å². The maximum atomic E-state index is 12.4. The number of nitrogen functional groups attached to an aromatic ring is 1. The van der Waals surface area contributed by atoms with Gasteiger partial charge in [-0.2, -0.15) is 0 Å². The van der Waals surface area contributed by atoms with Gasteiger partial charge in [0.1, 0.15) is 0 Å². The number of hydrogen-bond donors (Lipinski definition) is 2. The van der Waals surface area contributed by atoms with Gasteiger partial charge in [0.15, 0.2) is 25.6 Å². The van der Waals surface area contributed by atoms with Crippen molar-refractivity contribution < 1.29 is 16.8 Å². The van der Waals surface area contributed by atoms with Crippen molar-refractivity contribution in [3.05, 3.63) is 11.6 Å². The molecule has 1 aliphatic heterocycles. The number of nitrogens with two attached hydrogens (primary N) is 1. The molecule has 3 rings (SSSR count). The number of fused-ring (bicyclic) bond motifs is 1. The molecule has 1 fully saturated rings. The quantitative estimate of drug-likeness (QED) is 0.774. The number of sulfone groups is 1. The maximum Gasteiger partial charge on any atom is 0.260 e. The number of anilines is 1. The molecule has 0 saturated carbocycles. The lowest BCUT2D eigenvalue weighted by molar-refractivity contribution is 0.558. The van der Waals surface area contributed by atoms with E-state index >= 15 is 0 Å². The second-order valence-electron chi connectivity index (χ2n) is 4.58. The van der Waals surface area contributed by atoms with Crippen LogP contribution >= 0.6 is 11.3 Å². The summed E-state index contributed by atoms with van der Waals surface area (Å²) in [7, 11) is -7.07. The maximum absolute atomic E-state index is 12.4. The highest BCUT2D eigenvalue weighted by Gasteiger charge is 2.33. The average Bonchev–Trinajstić information content (AvgIpc) is 2.91. The Bertz CT molecular complexity index is 864. The number of nitrogens with one attached hydrogen (secondary N) is 1. The van der Waals surface area contributed by atoms with Crippen LogP contribution in [0.5, 0.6) is 0 Å². The van der Waals surface area contributed by atoms with E-state index in [1.807, 2.05) is 0 Å². The van der Waals surface area contributed by atoms with Gasteiger partial charge in [0.25, 0.3) is 10.0 Å². The van der Waals surface area contributed by atoms with E-state index in [0.717, 1.165) is 0 Å². The lowest BCUT2D eigenvalue weighted by atomic mass is 10.3. The van der Waals surface area contributed by atoms with Crippen molar-refractivity contribution in [3.8, 4) is 0 Å². The molecule has 2 aromatic rings. The normalized spacial score (nSPS) is 22.5. The predicted octanol–water partition coefficient (Wildman–Crippen LogP) is -0.557. The molecule has 20 heavy (non-hydrogen) atoms. The van der Waals surface area contributed by atoms with Gasteiger partial charge in [-0.15, -0.1) is 11.3 Å². The predicted molar refractivity (Wildman–Crippen MR) is 74.9 cm³/mol. The van der Waals surface area contributed by atoms with Crippen LogP contribution in [0.4, 0.5) is 5.82 Å². The zero-order valence-electron chi connectivity index (χ0n) is 10.2. The molecule has 1 aliphatic rings. The van der Waals surface area contributed by atoms with Gasteiger partial charge >= 0.3 is 0 Å². The fourth-order valence-corrected chi connectivity index (χ4v) is 6.25. The Kier molecular flexibility index (Phi) is 3.04. The summed E-state index contributed by atoms with van der Waals surface area (Å²) in [5.41, 5.74) is 5.65. The minimum atomic E-state index is -3.91. The second-order valence-corrected chi connectivity index (χ2v) is 9.31. The standard InChI is InChI=1S/C9H12N4O4S3/c10-7-8(13-2-3-18-9(13)11-7)20(16,17)12-6-1-4-19(14,15)5-6/h2-3,6,12H,1,4-5,10H2. The smallest absolute Gasteiger partial charge is 0.260 e. The van der Waals surface area contributed by atoms with Crippen LogP contribution in [0.1, 0.15) is 6.42 Å². The number of hydrogen-bond acceptors (Lipinski definition) is 7. The summed E-state index contributed by atoms with van der Waals surface area (Å²) in [4.78, 5) is 4.44. The van der Waals surface area contributed by atoms with Crippen molar-refractivity contribution in [2.75, 3.05) is 17.2 Å². The van der Waals surface area contributed by atoms with Crippen molar-refractivity contribution in [2.24, 2.45) is 0 Å². The Morgan fingerprint density at radius 3 is 2.90 bits per heavy atom. The van der Waals surface area contributed by atoms with Gasteiger partial charge in [-0.1, -0.05) is 0 Å². The number of nitrogens with zero attached hydrogens (tertiary/aromatic N) is 2. The Morgan fingerprint density at radius 1 is 1.50 bits per heavy atom. The number of rotatable bonds is 3. The summed E-state index contributed by atoms with van der Waals surface area (Å²) in [5, 5.41) is 1.55. The minimum absolute atomic E-state index is 0.00403. The van der Waals surface area contributed by atoms with Gasteiger partial charge in [-0.25, -0.2) is 26.5 Å². The molecule has 3 heterocycles. The third-order valence-electron chi connectivity index (χ3n) is 3.05. The SMILES string of the molecule is Nc1nc2sccn2c1S(=O)(=O)NC1CCS(=O)(=O)C1. The monoisotopic (exact) mass is 336 g/mol. The van der Waals surface area contributed by atoms with Crippen LogP contribution < -0.4 is 10.5 Å². The van der Waals surface area contributed by atoms with Gasteiger partial charge in [0.05, 0.1) is 11.5 Å². The van der Waals surface area contributed by atoms with Crippen LogP contribution in [0.3, 0.4) is 0 Å². The van der Waals surface area contributed by atoms with E-state index in [0.29, 0.717) is 4.96 Å². The van der Waals surface area contributed by atoms with E-state index in [9.17, 15) is 16.8 Å². The van der Waals surface area contributed by atoms with E-state index < -0.39 is 25.9 Å². The van der Waals surface area contributed by atoms with E-state index in [4.69, 9.17) is 5.73 Å². The van der Waals surface area contributed by atoms with Gasteiger partial charge < -0.3 is 5.73 Å². The summed E-state index contributed by atoms with van der Waals surface area (Å²) in [6.07, 6.45) is 1.83. The van der Waals surface area contributed by atoms with E-state index in [1.54, 1.807) is 11.6 Å². The van der Waals surface area contributed by atoms with Crippen LogP contribution in [-0.2, 0) is 19.9 Å². The van der Waals surface area contributed by atoms with E-state index in [2.05, 4.69) is 9.71 Å². The first-order valence-electron chi connectivity index (χ1n) is 5.72. The highest BCUT2D eigenvalue weighted by atomic mass is 32.2. The van der Waals surface area contributed by atoms with Crippen LogP contribution in [-0.4, -0.2) is 43.8 Å². The molecule has 0 aromatic carbocycles. The molecule has 2 aromatic heterocycles. The van der Waals surface area contributed by atoms with Crippen LogP contribution in [0.15, 0.2) is 16.6 Å². The molecule has 11 heteroatoms. The Hall–Kier alpha value is -1.17. The summed E-state index contributed by atoms with van der Waals surface area (Å²) in [6, 6.07) is -0.617. The van der Waals surface area contributed by atoms with Crippen molar-refractivity contribution in [1.29, 1.82) is 0 Å². The summed E-state index contributed by atoms with van der Waals surface area (Å²) in [5.74, 6) is -0.279. The Labute approximate surface area is 119 Å². The van der Waals surface area contributed by atoms with E-state index in [1.165, 1.54) is 15.7 Å². The van der Waals surface area contributed by atoms with Crippen molar-refractivity contribution in [3.63, 3.8) is 0 Å². The van der Waals surface area contributed by atoms with Crippen LogP contribution in [0.2, 0.25) is 0 Å². The lowest BCUT2D eigenvalue weighted by Crippen LogP contribution is -2.36. The van der Waals surface area contributed by atoms with Crippen LogP contribution in [0.25, 0.3) is 4.96 Å². The van der Waals surface area contributed by atoms with Gasteiger partial charge in [-0.3, -0.25) is 4.40 Å². The third-order valence-corrected chi connectivity index (χ3v) is 7.14. The highest BCUT2D eigenvalue weighted by Crippen LogP contribution is 2.24. The molecule has 1 saturated heterocycles. The number of imidazole rings is 1. The zero-order valence-corrected chi connectivity index (χ0v) is 12.6. The topological polar surface area (TPSA) is 124 Å². The molecular formula is C9H12N4O4S3. The molecule has 1 atom stereocenters. The van der Waals surface area contributed by atoms with Gasteiger partial charge in [0.2, 0.25) is 0 Å². The van der Waals surface area contributed by atoms with Crippen molar-refractivity contribution >= 4 is 42.0 Å². The molecule has 1 unspecified atom stereocenters. The highest BCUT2D eigenvalue weighted by molar-refractivity contribution is 7.92. The Morgan fingerprint density at radius 2 is 2.25 bits per heavy atom. The molecule has 110 valence electrons. The Balaban J connectivity index is 1.96. The second kappa shape index (κ2) is 4.41. The summed E-state index contributed by atoms with van der Waals surface area (Å²) in [6.45, 7) is 0. The fraction of sp³-hybridized carbons (Fsp3) is 0.444. The fourth-order valence-electron chi connectivity index (χ4n) is 2.21. The van der Waals surface area contributed by atoms with Crippen molar-refractivity contribution in [1.82, 2.24) is 14.1 Å². The zero-order chi connectivity index (χ0) is 14.5. The molecule has 0 aliphatic carbocycles. The largest absolute Gasteiger partial charge is 0.381 e. The van der Waals surface area contributed by atoms with E-state index in [-0.39, 0.29) is 28.8 Å². The first-order valence-corrected chi connectivity index (χ1v) is 9.91. The minimum Gasteiger partial charge on any atom is -0.381 e. The number of aromatic nitrogens is 2. The number of sulfonamides is 1. The molecule has 0 spiro atoms. The molecule has 8 nitrogen and oxygen atoms in total.